The van der Waals surface area contributed by atoms with Gasteiger partial charge in [0.05, 0.1) is 22.1 Å². The highest BCUT2D eigenvalue weighted by molar-refractivity contribution is 6.07. The quantitative estimate of drug-likeness (QED) is 0.177. The molecule has 1 spiro atoms. The van der Waals surface area contributed by atoms with E-state index in [-0.39, 0.29) is 0 Å². The molecule has 3 heterocycles. The molecule has 0 unspecified atom stereocenters. The van der Waals surface area contributed by atoms with Gasteiger partial charge in [0, 0.05) is 33.7 Å². The van der Waals surface area contributed by atoms with Crippen molar-refractivity contribution >= 4 is 32.6 Å². The number of hydrogen-bond donors (Lipinski definition) is 0. The summed E-state index contributed by atoms with van der Waals surface area (Å²) in [7, 11) is 0. The number of ether oxygens (including phenoxy) is 1. The molecule has 2 aromatic heterocycles. The molecular weight excluding hydrogens is 609 g/mol. The first-order valence-corrected chi connectivity index (χ1v) is 17.1. The molecule has 50 heavy (non-hydrogen) atoms. The van der Waals surface area contributed by atoms with Crippen LogP contribution in [0, 0.1) is 0 Å². The van der Waals surface area contributed by atoms with Gasteiger partial charge in [-0.05, 0) is 74.5 Å². The fraction of sp³-hybridized carbons (Fsp3) is 0.0213. The number of para-hydroxylation sites is 2. The van der Waals surface area contributed by atoms with Crippen LogP contribution in [-0.4, -0.2) is 9.97 Å². The zero-order valence-corrected chi connectivity index (χ0v) is 27.0. The van der Waals surface area contributed by atoms with Crippen LogP contribution >= 0.6 is 0 Å². The van der Waals surface area contributed by atoms with Crippen LogP contribution in [0.2, 0.25) is 0 Å². The Labute approximate surface area is 289 Å². The van der Waals surface area contributed by atoms with E-state index in [0.717, 1.165) is 44.6 Å². The Morgan fingerprint density at radius 2 is 1.04 bits per heavy atom. The molecule has 0 saturated carbocycles. The van der Waals surface area contributed by atoms with Crippen molar-refractivity contribution in [3.63, 3.8) is 0 Å². The zero-order valence-electron chi connectivity index (χ0n) is 27.0. The molecule has 0 amide bonds. The van der Waals surface area contributed by atoms with Gasteiger partial charge >= 0.3 is 0 Å². The molecule has 0 saturated heterocycles. The van der Waals surface area contributed by atoms with Crippen molar-refractivity contribution in [3.8, 4) is 45.0 Å². The fourth-order valence-corrected chi connectivity index (χ4v) is 8.67. The highest BCUT2D eigenvalue weighted by Crippen LogP contribution is 2.62. The molecule has 0 fully saturated rings. The van der Waals surface area contributed by atoms with Gasteiger partial charge in [-0.15, -0.1) is 0 Å². The minimum absolute atomic E-state index is 0.470. The van der Waals surface area contributed by atoms with Crippen molar-refractivity contribution in [1.82, 2.24) is 9.97 Å². The molecular formula is C47H28N2O. The van der Waals surface area contributed by atoms with E-state index in [0.29, 0.717) is 0 Å². The van der Waals surface area contributed by atoms with Gasteiger partial charge in [0.2, 0.25) is 0 Å². The maximum atomic E-state index is 6.52. The first-order chi connectivity index (χ1) is 24.8. The second kappa shape index (κ2) is 10.2. The largest absolute Gasteiger partial charge is 0.457 e. The van der Waals surface area contributed by atoms with Crippen molar-refractivity contribution in [3.05, 3.63) is 192 Å². The topological polar surface area (TPSA) is 35.0 Å². The van der Waals surface area contributed by atoms with Crippen LogP contribution in [0.25, 0.3) is 66.1 Å². The van der Waals surface area contributed by atoms with E-state index in [1.54, 1.807) is 0 Å². The predicted octanol–water partition coefficient (Wildman–Crippen LogP) is 11.7. The third-order valence-corrected chi connectivity index (χ3v) is 10.8. The van der Waals surface area contributed by atoms with Crippen molar-refractivity contribution in [1.29, 1.82) is 0 Å². The Morgan fingerprint density at radius 3 is 1.84 bits per heavy atom. The summed E-state index contributed by atoms with van der Waals surface area (Å²) in [6, 6.07) is 58.8. The normalized spacial score (nSPS) is 13.5. The maximum absolute atomic E-state index is 6.52. The summed E-state index contributed by atoms with van der Waals surface area (Å²) in [6.07, 6.45) is 1.84. The molecule has 0 atom stereocenters. The monoisotopic (exact) mass is 636 g/mol. The van der Waals surface area contributed by atoms with Crippen molar-refractivity contribution in [2.24, 2.45) is 0 Å². The van der Waals surface area contributed by atoms with E-state index in [1.807, 2.05) is 12.3 Å². The van der Waals surface area contributed by atoms with Gasteiger partial charge in [0.1, 0.15) is 11.5 Å². The van der Waals surface area contributed by atoms with Crippen molar-refractivity contribution in [2.75, 3.05) is 0 Å². The van der Waals surface area contributed by atoms with Crippen LogP contribution < -0.4 is 4.74 Å². The summed E-state index contributed by atoms with van der Waals surface area (Å²) in [5.41, 5.74) is 13.3. The maximum Gasteiger partial charge on any atom is 0.132 e. The number of benzene rings is 7. The van der Waals surface area contributed by atoms with Crippen LogP contribution in [0.1, 0.15) is 22.3 Å². The van der Waals surface area contributed by atoms with Crippen molar-refractivity contribution < 1.29 is 4.74 Å². The molecule has 0 radical (unpaired) electrons. The first kappa shape index (κ1) is 27.4. The van der Waals surface area contributed by atoms with Crippen LogP contribution in [0.4, 0.5) is 0 Å². The first-order valence-electron chi connectivity index (χ1n) is 17.1. The standard InChI is InChI=1S/C47H28N2O/c1-2-12-34-33(11-1)32(23-24-36(34)42-26-22-30-20-19-29-10-9-27-48-45(29)46(30)49-42)31-21-25-39-37(28-31)35-13-3-4-14-38(35)47(39)40-15-5-7-17-43(40)50-44-18-8-6-16-41(44)47/h1-28H. The summed E-state index contributed by atoms with van der Waals surface area (Å²) in [4.78, 5) is 9.90. The Bertz CT molecular complexity index is 2830. The van der Waals surface area contributed by atoms with E-state index >= 15 is 0 Å². The van der Waals surface area contributed by atoms with E-state index in [1.165, 1.54) is 55.3 Å². The highest BCUT2D eigenvalue weighted by Gasteiger charge is 2.50. The van der Waals surface area contributed by atoms with Gasteiger partial charge in [0.15, 0.2) is 0 Å². The highest BCUT2D eigenvalue weighted by atomic mass is 16.5. The molecule has 0 N–H and O–H groups in total. The molecule has 7 aromatic carbocycles. The summed E-state index contributed by atoms with van der Waals surface area (Å²) in [5.74, 6) is 1.82. The molecule has 3 heteroatoms. The van der Waals surface area contributed by atoms with E-state index < -0.39 is 5.41 Å². The lowest BCUT2D eigenvalue weighted by Crippen LogP contribution is -2.32. The second-order valence-corrected chi connectivity index (χ2v) is 13.3. The lowest BCUT2D eigenvalue weighted by molar-refractivity contribution is 0.436. The molecule has 232 valence electrons. The van der Waals surface area contributed by atoms with Gasteiger partial charge in [0.25, 0.3) is 0 Å². The molecule has 1 aliphatic carbocycles. The molecule has 3 nitrogen and oxygen atoms in total. The number of hydrogen-bond acceptors (Lipinski definition) is 3. The van der Waals surface area contributed by atoms with Gasteiger partial charge in [-0.2, -0.15) is 0 Å². The number of pyridine rings is 2. The number of rotatable bonds is 2. The number of nitrogens with zero attached hydrogens (tertiary/aromatic N) is 2. The third kappa shape index (κ3) is 3.64. The Kier molecular flexibility index (Phi) is 5.59. The minimum atomic E-state index is -0.470. The molecule has 9 aromatic rings. The fourth-order valence-electron chi connectivity index (χ4n) is 8.67. The van der Waals surface area contributed by atoms with Crippen LogP contribution in [0.5, 0.6) is 11.5 Å². The second-order valence-electron chi connectivity index (χ2n) is 13.3. The van der Waals surface area contributed by atoms with Gasteiger partial charge in [-0.1, -0.05) is 133 Å². The Balaban J connectivity index is 1.12. The van der Waals surface area contributed by atoms with E-state index in [4.69, 9.17) is 14.7 Å². The number of fused-ring (bicyclic) bond motifs is 13. The molecule has 2 aliphatic rings. The third-order valence-electron chi connectivity index (χ3n) is 10.8. The Hall–Kier alpha value is -6.58. The Morgan fingerprint density at radius 1 is 0.420 bits per heavy atom. The van der Waals surface area contributed by atoms with Crippen LogP contribution in [0.3, 0.4) is 0 Å². The van der Waals surface area contributed by atoms with E-state index in [9.17, 15) is 0 Å². The van der Waals surface area contributed by atoms with Gasteiger partial charge in [-0.25, -0.2) is 4.98 Å². The van der Waals surface area contributed by atoms with Gasteiger partial charge in [-0.3, -0.25) is 4.98 Å². The lowest BCUT2D eigenvalue weighted by atomic mass is 9.66. The smallest absolute Gasteiger partial charge is 0.132 e. The molecule has 1 aliphatic heterocycles. The predicted molar refractivity (Wildman–Crippen MR) is 203 cm³/mol. The summed E-state index contributed by atoms with van der Waals surface area (Å²) in [6.45, 7) is 0. The molecule has 11 rings (SSSR count). The SMILES string of the molecule is c1ccc2c(c1)Oc1ccccc1C21c2ccccc2-c2cc(-c3ccc(-c4ccc5ccc6cccnc6c5n4)c4ccccc34)ccc21. The lowest BCUT2D eigenvalue weighted by Gasteiger charge is -2.39. The summed E-state index contributed by atoms with van der Waals surface area (Å²) >= 11 is 0. The van der Waals surface area contributed by atoms with Crippen LogP contribution in [0.15, 0.2) is 170 Å². The average molecular weight is 637 g/mol. The molecule has 0 bridgehead atoms. The van der Waals surface area contributed by atoms with Crippen molar-refractivity contribution in [2.45, 2.75) is 5.41 Å². The summed E-state index contributed by atoms with van der Waals surface area (Å²) < 4.78 is 6.52. The minimum Gasteiger partial charge on any atom is -0.457 e. The van der Waals surface area contributed by atoms with Gasteiger partial charge < -0.3 is 4.74 Å². The summed E-state index contributed by atoms with van der Waals surface area (Å²) in [5, 5.41) is 4.56. The number of aromatic nitrogens is 2. The average Bonchev–Trinajstić information content (AvgIpc) is 3.47. The van der Waals surface area contributed by atoms with Crippen LogP contribution in [-0.2, 0) is 5.41 Å². The zero-order chi connectivity index (χ0) is 32.8. The van der Waals surface area contributed by atoms with E-state index in [2.05, 4.69) is 158 Å².